The van der Waals surface area contributed by atoms with E-state index < -0.39 is 18.8 Å². The second-order valence-corrected chi connectivity index (χ2v) is 8.04. The van der Waals surface area contributed by atoms with Crippen molar-refractivity contribution < 1.29 is 27.2 Å². The van der Waals surface area contributed by atoms with Crippen molar-refractivity contribution in [1.29, 1.82) is 5.26 Å². The smallest absolute Gasteiger partial charge is 0.322 e. The van der Waals surface area contributed by atoms with E-state index in [4.69, 9.17) is 14.9 Å². The van der Waals surface area contributed by atoms with Crippen LogP contribution in [-0.2, 0) is 30.7 Å². The molecule has 4 heterocycles. The van der Waals surface area contributed by atoms with Crippen LogP contribution in [-0.4, -0.2) is 52.6 Å². The lowest BCUT2D eigenvalue weighted by Gasteiger charge is -2.27. The van der Waals surface area contributed by atoms with E-state index in [0.717, 1.165) is 47.6 Å². The molecule has 0 radical (unpaired) electrons. The summed E-state index contributed by atoms with van der Waals surface area (Å²) < 4.78 is 46.5. The highest BCUT2D eigenvalue weighted by Crippen LogP contribution is 2.34. The molecule has 9 nitrogen and oxygen atoms in total. The Bertz CT molecular complexity index is 1250. The van der Waals surface area contributed by atoms with Gasteiger partial charge in [-0.05, 0) is 31.0 Å². The summed E-state index contributed by atoms with van der Waals surface area (Å²) >= 11 is 0. The Morgan fingerprint density at radius 3 is 2.89 bits per heavy atom. The number of methoxy groups -OCH3 is 1. The van der Waals surface area contributed by atoms with Crippen molar-refractivity contribution in [3.63, 3.8) is 0 Å². The first-order valence-electron chi connectivity index (χ1n) is 11.0. The summed E-state index contributed by atoms with van der Waals surface area (Å²) in [5.74, 6) is -0.612. The third-order valence-corrected chi connectivity index (χ3v) is 5.70. The number of nitrogens with one attached hydrogen (secondary N) is 1. The maximum Gasteiger partial charge on any atom is 0.322 e. The molecule has 5 rings (SSSR count). The number of aryl methyl sites for hydroxylation is 2. The summed E-state index contributed by atoms with van der Waals surface area (Å²) in [6, 6.07) is 5.42. The number of halogens is 3. The second kappa shape index (κ2) is 10.6. The number of hydrogen-bond acceptors (Lipinski definition) is 6. The predicted molar refractivity (Wildman–Crippen MR) is 118 cm³/mol. The summed E-state index contributed by atoms with van der Waals surface area (Å²) in [7, 11) is 1.24. The SMILES string of the molecule is COCC(F)F.N#Cc1cc(NC(=O)N2CCc3nn4c(c3C2)-c2nocc2CCC4)ccc1F. The zero-order chi connectivity index (χ0) is 24.9. The van der Waals surface area contributed by atoms with Crippen LogP contribution in [0.1, 0.15) is 28.8 Å². The van der Waals surface area contributed by atoms with Crippen LogP contribution in [0.25, 0.3) is 11.4 Å². The van der Waals surface area contributed by atoms with Gasteiger partial charge >= 0.3 is 6.03 Å². The Labute approximate surface area is 199 Å². The lowest BCUT2D eigenvalue weighted by Crippen LogP contribution is -2.38. The number of hydrogen-bond donors (Lipinski definition) is 1. The molecule has 0 fully saturated rings. The number of nitriles is 1. The van der Waals surface area contributed by atoms with Gasteiger partial charge in [-0.2, -0.15) is 10.4 Å². The minimum Gasteiger partial charge on any atom is -0.379 e. The van der Waals surface area contributed by atoms with Gasteiger partial charge < -0.3 is 19.5 Å². The minimum absolute atomic E-state index is 0.107. The fourth-order valence-corrected chi connectivity index (χ4v) is 4.09. The van der Waals surface area contributed by atoms with Gasteiger partial charge in [0.15, 0.2) is 0 Å². The molecule has 1 aromatic carbocycles. The van der Waals surface area contributed by atoms with Gasteiger partial charge in [-0.1, -0.05) is 5.16 Å². The van der Waals surface area contributed by atoms with Crippen LogP contribution < -0.4 is 5.32 Å². The van der Waals surface area contributed by atoms with Crippen LogP contribution in [0.2, 0.25) is 0 Å². The van der Waals surface area contributed by atoms with Gasteiger partial charge in [-0.15, -0.1) is 0 Å². The van der Waals surface area contributed by atoms with Crippen molar-refractivity contribution in [3.05, 3.63) is 52.7 Å². The number of alkyl halides is 2. The lowest BCUT2D eigenvalue weighted by molar-refractivity contribution is 0.0425. The molecule has 0 bridgehead atoms. The number of benzene rings is 1. The highest BCUT2D eigenvalue weighted by molar-refractivity contribution is 5.89. The Hall–Kier alpha value is -3.85. The first-order valence-corrected chi connectivity index (χ1v) is 11.0. The van der Waals surface area contributed by atoms with E-state index in [9.17, 15) is 18.0 Å². The van der Waals surface area contributed by atoms with Crippen LogP contribution in [0.4, 0.5) is 23.7 Å². The molecule has 0 saturated carbocycles. The van der Waals surface area contributed by atoms with Crippen LogP contribution in [0.3, 0.4) is 0 Å². The van der Waals surface area contributed by atoms with E-state index in [2.05, 4.69) is 15.2 Å². The first-order chi connectivity index (χ1) is 16.9. The van der Waals surface area contributed by atoms with E-state index >= 15 is 0 Å². The predicted octanol–water partition coefficient (Wildman–Crippen LogP) is 3.98. The molecule has 0 aliphatic carbocycles. The number of carbonyl (C=O) groups excluding carboxylic acids is 1. The Morgan fingerprint density at radius 1 is 1.34 bits per heavy atom. The van der Waals surface area contributed by atoms with Crippen molar-refractivity contribution in [2.75, 3.05) is 25.6 Å². The van der Waals surface area contributed by atoms with Gasteiger partial charge in [0, 0.05) is 43.4 Å². The molecule has 12 heteroatoms. The average Bonchev–Trinajstić information content (AvgIpc) is 3.39. The van der Waals surface area contributed by atoms with Crippen LogP contribution in [0.15, 0.2) is 29.0 Å². The number of anilines is 1. The number of aromatic nitrogens is 3. The molecular weight excluding hydrogens is 465 g/mol. The summed E-state index contributed by atoms with van der Waals surface area (Å²) in [5, 5.41) is 20.6. The third kappa shape index (κ3) is 5.30. The van der Waals surface area contributed by atoms with Crippen molar-refractivity contribution in [2.45, 2.75) is 38.8 Å². The molecule has 2 aliphatic rings. The summed E-state index contributed by atoms with van der Waals surface area (Å²) in [6.45, 7) is 1.26. The van der Waals surface area contributed by atoms with Gasteiger partial charge in [0.1, 0.15) is 30.5 Å². The van der Waals surface area contributed by atoms with E-state index in [1.54, 1.807) is 17.2 Å². The topological polar surface area (TPSA) is 109 Å². The van der Waals surface area contributed by atoms with Crippen LogP contribution >= 0.6 is 0 Å². The van der Waals surface area contributed by atoms with E-state index in [1.165, 1.54) is 25.3 Å². The van der Waals surface area contributed by atoms with Gasteiger partial charge in [0.2, 0.25) is 0 Å². The van der Waals surface area contributed by atoms with Crippen molar-refractivity contribution in [3.8, 4) is 17.5 Å². The van der Waals surface area contributed by atoms with E-state index in [1.807, 2.05) is 4.68 Å². The van der Waals surface area contributed by atoms with Gasteiger partial charge in [-0.25, -0.2) is 18.0 Å². The van der Waals surface area contributed by atoms with Gasteiger partial charge in [0.25, 0.3) is 6.43 Å². The molecule has 0 unspecified atom stereocenters. The normalized spacial score (nSPS) is 14.1. The first kappa shape index (κ1) is 24.3. The Balaban J connectivity index is 0.000000431. The number of amides is 2. The van der Waals surface area contributed by atoms with Crippen molar-refractivity contribution >= 4 is 11.7 Å². The molecule has 0 atom stereocenters. The molecule has 2 aliphatic heterocycles. The molecule has 35 heavy (non-hydrogen) atoms. The summed E-state index contributed by atoms with van der Waals surface area (Å²) in [5.41, 5.74) is 5.02. The number of carbonyl (C=O) groups is 1. The largest absolute Gasteiger partial charge is 0.379 e. The Morgan fingerprint density at radius 2 is 2.17 bits per heavy atom. The number of nitrogens with zero attached hydrogens (tertiary/aromatic N) is 5. The quantitative estimate of drug-likeness (QED) is 0.597. The molecule has 2 amide bonds. The fourth-order valence-electron chi connectivity index (χ4n) is 4.09. The average molecular weight is 488 g/mol. The standard InChI is InChI=1S/C20H17FN6O2.C3H6F2O/c21-16-4-3-14(8-13(16)9-22)23-20(28)26-7-5-17-15(10-26)19-18-12(11-29-25-18)2-1-6-27(19)24-17;1-6-2-3(4)5/h3-4,8,11H,1-2,5-7,10H2,(H,23,28);3H,2H2,1H3. The van der Waals surface area contributed by atoms with Crippen molar-refractivity contribution in [2.24, 2.45) is 0 Å². The van der Waals surface area contributed by atoms with E-state index in [0.29, 0.717) is 25.2 Å². The number of fused-ring (bicyclic) bond motifs is 5. The Kier molecular flexibility index (Phi) is 7.36. The molecule has 184 valence electrons. The van der Waals surface area contributed by atoms with Crippen molar-refractivity contribution in [1.82, 2.24) is 19.8 Å². The van der Waals surface area contributed by atoms with Gasteiger partial charge in [-0.3, -0.25) is 4.68 Å². The van der Waals surface area contributed by atoms with Crippen LogP contribution in [0, 0.1) is 17.1 Å². The number of urea groups is 1. The molecule has 1 N–H and O–H groups in total. The fraction of sp³-hybridized carbons (Fsp3) is 0.391. The van der Waals surface area contributed by atoms with Gasteiger partial charge in [0.05, 0.1) is 23.5 Å². The van der Waals surface area contributed by atoms with E-state index in [-0.39, 0.29) is 11.6 Å². The maximum atomic E-state index is 13.5. The highest BCUT2D eigenvalue weighted by Gasteiger charge is 2.31. The molecule has 2 aromatic heterocycles. The minimum atomic E-state index is -2.32. The highest BCUT2D eigenvalue weighted by atomic mass is 19.3. The number of ether oxygens (including phenoxy) is 1. The lowest BCUT2D eigenvalue weighted by atomic mass is 10.0. The molecule has 3 aromatic rings. The second-order valence-electron chi connectivity index (χ2n) is 8.04. The summed E-state index contributed by atoms with van der Waals surface area (Å²) in [4.78, 5) is 14.5. The zero-order valence-corrected chi connectivity index (χ0v) is 18.9. The number of rotatable bonds is 3. The third-order valence-electron chi connectivity index (χ3n) is 5.70. The monoisotopic (exact) mass is 488 g/mol. The molecule has 0 saturated heterocycles. The molecular formula is C23H23F3N6O3. The zero-order valence-electron chi connectivity index (χ0n) is 18.9. The maximum absolute atomic E-state index is 13.5. The molecule has 0 spiro atoms. The van der Waals surface area contributed by atoms with Crippen LogP contribution in [0.5, 0.6) is 0 Å². The summed E-state index contributed by atoms with van der Waals surface area (Å²) in [6.07, 6.45) is 1.84.